The zero-order valence-corrected chi connectivity index (χ0v) is 21.7. The zero-order valence-electron chi connectivity index (χ0n) is 19.3. The summed E-state index contributed by atoms with van der Waals surface area (Å²) in [4.78, 5) is 42.9. The molecule has 0 bridgehead atoms. The standard InChI is InChI=1S/C25H21BrN2O6S/c1-13-21(24(31)33-4)22(16-7-10-18(34-14(2)29)19(12-16)32-3)28-23(30)20(35-25(28)27-13)11-15-5-8-17(26)9-6-15/h5-12,22H,1-4H3/b20-11+/t22-/m1/s1. The molecule has 0 amide bonds. The van der Waals surface area contributed by atoms with Crippen LogP contribution >= 0.6 is 27.3 Å². The summed E-state index contributed by atoms with van der Waals surface area (Å²) in [7, 11) is 2.72. The minimum absolute atomic E-state index is 0.228. The summed E-state index contributed by atoms with van der Waals surface area (Å²) in [6.45, 7) is 2.99. The van der Waals surface area contributed by atoms with Crippen LogP contribution in [0.5, 0.6) is 11.5 Å². The molecule has 180 valence electrons. The molecule has 1 aliphatic rings. The lowest BCUT2D eigenvalue weighted by molar-refractivity contribution is -0.136. The maximum absolute atomic E-state index is 13.6. The Kier molecular flexibility index (Phi) is 7.04. The van der Waals surface area contributed by atoms with E-state index in [9.17, 15) is 14.4 Å². The third kappa shape index (κ3) is 4.85. The number of hydrogen-bond donors (Lipinski definition) is 0. The van der Waals surface area contributed by atoms with Gasteiger partial charge in [0.1, 0.15) is 0 Å². The van der Waals surface area contributed by atoms with E-state index in [1.807, 2.05) is 24.3 Å². The molecule has 2 aromatic carbocycles. The van der Waals surface area contributed by atoms with Gasteiger partial charge >= 0.3 is 11.9 Å². The first-order valence-corrected chi connectivity index (χ1v) is 12.1. The Morgan fingerprint density at radius 1 is 1.11 bits per heavy atom. The van der Waals surface area contributed by atoms with Gasteiger partial charge in [-0.1, -0.05) is 45.5 Å². The number of benzene rings is 2. The minimum atomic E-state index is -0.814. The van der Waals surface area contributed by atoms with Crippen molar-refractivity contribution in [2.75, 3.05) is 14.2 Å². The molecule has 0 fully saturated rings. The van der Waals surface area contributed by atoms with Crippen LogP contribution in [0.4, 0.5) is 0 Å². The largest absolute Gasteiger partial charge is 0.493 e. The van der Waals surface area contributed by atoms with Crippen molar-refractivity contribution in [3.05, 3.63) is 89.0 Å². The average Bonchev–Trinajstić information content (AvgIpc) is 3.13. The van der Waals surface area contributed by atoms with E-state index in [1.165, 1.54) is 37.0 Å². The number of allylic oxidation sites excluding steroid dienone is 1. The van der Waals surface area contributed by atoms with Gasteiger partial charge in [-0.05, 0) is 48.4 Å². The molecule has 0 spiro atoms. The van der Waals surface area contributed by atoms with Crippen molar-refractivity contribution < 1.29 is 23.8 Å². The van der Waals surface area contributed by atoms with Crippen molar-refractivity contribution in [3.8, 4) is 11.5 Å². The fourth-order valence-corrected chi connectivity index (χ4v) is 5.12. The summed E-state index contributed by atoms with van der Waals surface area (Å²) in [5.41, 5.74) is 1.81. The Hall–Kier alpha value is -3.50. The highest BCUT2D eigenvalue weighted by Gasteiger charge is 2.33. The minimum Gasteiger partial charge on any atom is -0.493 e. The van der Waals surface area contributed by atoms with Crippen LogP contribution in [0.1, 0.15) is 31.0 Å². The van der Waals surface area contributed by atoms with E-state index in [0.717, 1.165) is 10.0 Å². The Balaban J connectivity index is 1.95. The van der Waals surface area contributed by atoms with E-state index < -0.39 is 18.0 Å². The molecule has 0 aliphatic carbocycles. The molecular weight excluding hydrogens is 536 g/mol. The van der Waals surface area contributed by atoms with Gasteiger partial charge in [-0.25, -0.2) is 9.79 Å². The molecule has 3 aromatic rings. The predicted octanol–water partition coefficient (Wildman–Crippen LogP) is 3.10. The lowest BCUT2D eigenvalue weighted by Gasteiger charge is -2.25. The first kappa shape index (κ1) is 24.6. The van der Waals surface area contributed by atoms with Crippen LogP contribution in [0, 0.1) is 0 Å². The number of methoxy groups -OCH3 is 2. The molecule has 0 unspecified atom stereocenters. The van der Waals surface area contributed by atoms with Crippen LogP contribution in [-0.2, 0) is 14.3 Å². The maximum Gasteiger partial charge on any atom is 0.338 e. The summed E-state index contributed by atoms with van der Waals surface area (Å²) in [5, 5.41) is 0. The van der Waals surface area contributed by atoms with Crippen molar-refractivity contribution in [1.82, 2.24) is 4.57 Å². The number of ether oxygens (including phenoxy) is 3. The molecule has 10 heteroatoms. The second kappa shape index (κ2) is 10.0. The molecular formula is C25H21BrN2O6S. The van der Waals surface area contributed by atoms with Crippen LogP contribution in [-0.4, -0.2) is 30.7 Å². The van der Waals surface area contributed by atoms with E-state index >= 15 is 0 Å². The molecule has 0 saturated carbocycles. The second-order valence-corrected chi connectivity index (χ2v) is 9.55. The highest BCUT2D eigenvalue weighted by Crippen LogP contribution is 2.36. The summed E-state index contributed by atoms with van der Waals surface area (Å²) >= 11 is 4.65. The Morgan fingerprint density at radius 3 is 2.46 bits per heavy atom. The topological polar surface area (TPSA) is 96.2 Å². The van der Waals surface area contributed by atoms with Crippen molar-refractivity contribution in [1.29, 1.82) is 0 Å². The lowest BCUT2D eigenvalue weighted by Crippen LogP contribution is -2.39. The molecule has 0 N–H and O–H groups in total. The van der Waals surface area contributed by atoms with E-state index in [-0.39, 0.29) is 22.6 Å². The molecule has 2 heterocycles. The predicted molar refractivity (Wildman–Crippen MR) is 134 cm³/mol. The third-order valence-corrected chi connectivity index (χ3v) is 6.86. The number of carbonyl (C=O) groups excluding carboxylic acids is 2. The second-order valence-electron chi connectivity index (χ2n) is 7.63. The van der Waals surface area contributed by atoms with Gasteiger partial charge in [-0.2, -0.15) is 0 Å². The fourth-order valence-electron chi connectivity index (χ4n) is 3.81. The number of hydrogen-bond acceptors (Lipinski definition) is 8. The van der Waals surface area contributed by atoms with Gasteiger partial charge < -0.3 is 14.2 Å². The van der Waals surface area contributed by atoms with E-state index in [1.54, 1.807) is 31.2 Å². The van der Waals surface area contributed by atoms with Crippen molar-refractivity contribution >= 4 is 45.3 Å². The Bertz CT molecular complexity index is 1540. The smallest absolute Gasteiger partial charge is 0.338 e. The molecule has 4 rings (SSSR count). The summed E-state index contributed by atoms with van der Waals surface area (Å²) in [6, 6.07) is 11.6. The first-order valence-electron chi connectivity index (χ1n) is 10.5. The van der Waals surface area contributed by atoms with Gasteiger partial charge in [0.15, 0.2) is 16.3 Å². The average molecular weight is 557 g/mol. The molecule has 35 heavy (non-hydrogen) atoms. The normalized spacial score (nSPS) is 15.3. The number of carbonyl (C=O) groups is 2. The van der Waals surface area contributed by atoms with Crippen LogP contribution in [0.2, 0.25) is 0 Å². The number of aromatic nitrogens is 1. The summed E-state index contributed by atoms with van der Waals surface area (Å²) < 4.78 is 18.5. The van der Waals surface area contributed by atoms with Gasteiger partial charge in [-0.3, -0.25) is 14.2 Å². The Morgan fingerprint density at radius 2 is 1.83 bits per heavy atom. The monoisotopic (exact) mass is 556 g/mol. The molecule has 1 aromatic heterocycles. The molecule has 0 radical (unpaired) electrons. The van der Waals surface area contributed by atoms with Crippen molar-refractivity contribution in [3.63, 3.8) is 0 Å². The van der Waals surface area contributed by atoms with Gasteiger partial charge in [0.05, 0.1) is 36.1 Å². The van der Waals surface area contributed by atoms with Gasteiger partial charge in [0.2, 0.25) is 0 Å². The quantitative estimate of drug-likeness (QED) is 0.354. The van der Waals surface area contributed by atoms with Gasteiger partial charge in [0.25, 0.3) is 5.56 Å². The van der Waals surface area contributed by atoms with Crippen LogP contribution < -0.4 is 24.4 Å². The van der Waals surface area contributed by atoms with E-state index in [2.05, 4.69) is 20.9 Å². The number of esters is 2. The number of halogens is 1. The molecule has 1 atom stereocenters. The zero-order chi connectivity index (χ0) is 25.3. The van der Waals surface area contributed by atoms with Gasteiger partial charge in [0, 0.05) is 11.4 Å². The SMILES string of the molecule is COC(=O)C1=C(C)N=c2s/c(=C/c3ccc(Br)cc3)c(=O)n2[C@@H]1c1ccc(OC(C)=O)c(OC)c1. The molecule has 8 nitrogen and oxygen atoms in total. The van der Waals surface area contributed by atoms with Crippen molar-refractivity contribution in [2.45, 2.75) is 19.9 Å². The third-order valence-electron chi connectivity index (χ3n) is 5.35. The van der Waals surface area contributed by atoms with Crippen LogP contribution in [0.15, 0.2) is 68.0 Å². The number of nitrogens with zero attached hydrogens (tertiary/aromatic N) is 2. The first-order chi connectivity index (χ1) is 16.7. The highest BCUT2D eigenvalue weighted by molar-refractivity contribution is 9.10. The van der Waals surface area contributed by atoms with Crippen LogP contribution in [0.3, 0.4) is 0 Å². The van der Waals surface area contributed by atoms with Crippen molar-refractivity contribution in [2.24, 2.45) is 4.99 Å². The van der Waals surface area contributed by atoms with Gasteiger partial charge in [-0.15, -0.1) is 0 Å². The maximum atomic E-state index is 13.6. The summed E-state index contributed by atoms with van der Waals surface area (Å²) in [6.07, 6.45) is 1.79. The molecule has 0 saturated heterocycles. The van der Waals surface area contributed by atoms with E-state index in [0.29, 0.717) is 20.6 Å². The highest BCUT2D eigenvalue weighted by atomic mass is 79.9. The van der Waals surface area contributed by atoms with E-state index in [4.69, 9.17) is 14.2 Å². The molecule has 1 aliphatic heterocycles. The number of thiazole rings is 1. The fraction of sp³-hybridized carbons (Fsp3) is 0.200. The number of rotatable bonds is 5. The number of fused-ring (bicyclic) bond motifs is 1. The lowest BCUT2D eigenvalue weighted by atomic mass is 9.95. The Labute approximate surface area is 212 Å². The summed E-state index contributed by atoms with van der Waals surface area (Å²) in [5.74, 6) is -0.579. The van der Waals surface area contributed by atoms with Crippen LogP contribution in [0.25, 0.3) is 6.08 Å².